The number of carboxylic acid groups (broad SMARTS) is 3. The van der Waals surface area contributed by atoms with E-state index < -0.39 is 35.0 Å². The second-order valence-corrected chi connectivity index (χ2v) is 5.89. The monoisotopic (exact) mass is 423 g/mol. The van der Waals surface area contributed by atoms with Gasteiger partial charge in [-0.1, -0.05) is 18.2 Å². The van der Waals surface area contributed by atoms with E-state index in [0.717, 1.165) is 31.9 Å². The lowest BCUT2D eigenvalue weighted by molar-refractivity contribution is -0.132. The van der Waals surface area contributed by atoms with Crippen LogP contribution >= 0.6 is 0 Å². The fraction of sp³-hybridized carbons (Fsp3) is 0.333. The Morgan fingerprint density at radius 3 is 1.00 bits per heavy atom. The zero-order chi connectivity index (χ0) is 22.7. The number of aromatic nitrogens is 3. The van der Waals surface area contributed by atoms with Gasteiger partial charge >= 0.3 is 35.0 Å². The van der Waals surface area contributed by atoms with Crippen molar-refractivity contribution in [2.45, 2.75) is 38.9 Å². The molecule has 0 aliphatic rings. The first-order valence-corrected chi connectivity index (χ1v) is 8.78. The van der Waals surface area contributed by atoms with Crippen molar-refractivity contribution in [2.75, 3.05) is 0 Å². The van der Waals surface area contributed by atoms with Gasteiger partial charge in [0.25, 0.3) is 0 Å². The number of allylic oxidation sites excluding steroid dienone is 3. The standard InChI is InChI=1S/C18H21N3O9/c22-13(23)7-1-4-10-19-16(28)20(11-5-2-8-14(24)25)18(30)21(17(19)29)12-6-3-9-15(26)27/h1-3,7-9H,4-6,10-12H2,(H,22,23)(H,24,25)(H,26,27)/b7-1-,8-2+,9-3+. The van der Waals surface area contributed by atoms with E-state index in [2.05, 4.69) is 0 Å². The van der Waals surface area contributed by atoms with E-state index in [0.29, 0.717) is 0 Å². The van der Waals surface area contributed by atoms with Gasteiger partial charge in [0.2, 0.25) is 0 Å². The molecule has 0 amide bonds. The fourth-order valence-corrected chi connectivity index (χ4v) is 2.42. The molecule has 0 spiro atoms. The van der Waals surface area contributed by atoms with Crippen LogP contribution in [0, 0.1) is 0 Å². The van der Waals surface area contributed by atoms with Crippen molar-refractivity contribution in [1.29, 1.82) is 0 Å². The molecular weight excluding hydrogens is 402 g/mol. The first-order chi connectivity index (χ1) is 14.1. The Hall–Kier alpha value is -3.96. The lowest BCUT2D eigenvalue weighted by Crippen LogP contribution is -2.54. The minimum atomic E-state index is -1.19. The molecule has 0 saturated carbocycles. The number of carbonyl (C=O) groups is 3. The van der Waals surface area contributed by atoms with E-state index in [1.807, 2.05) is 0 Å². The van der Waals surface area contributed by atoms with Crippen LogP contribution in [0.3, 0.4) is 0 Å². The van der Waals surface area contributed by atoms with Crippen LogP contribution in [-0.2, 0) is 34.0 Å². The van der Waals surface area contributed by atoms with Gasteiger partial charge in [-0.25, -0.2) is 42.5 Å². The molecule has 30 heavy (non-hydrogen) atoms. The summed E-state index contributed by atoms with van der Waals surface area (Å²) in [5.74, 6) is -3.58. The molecule has 0 radical (unpaired) electrons. The second kappa shape index (κ2) is 11.8. The Bertz CT molecular complexity index is 891. The molecule has 0 saturated heterocycles. The van der Waals surface area contributed by atoms with E-state index in [4.69, 9.17) is 15.3 Å². The van der Waals surface area contributed by atoms with Crippen molar-refractivity contribution in [3.63, 3.8) is 0 Å². The minimum absolute atomic E-state index is 0.0392. The first-order valence-electron chi connectivity index (χ1n) is 8.78. The Labute approximate surface area is 168 Å². The van der Waals surface area contributed by atoms with E-state index >= 15 is 0 Å². The normalized spacial score (nSPS) is 11.6. The molecule has 12 heteroatoms. The minimum Gasteiger partial charge on any atom is -0.478 e. The Morgan fingerprint density at radius 1 is 0.567 bits per heavy atom. The predicted octanol–water partition coefficient (Wildman–Crippen LogP) is -0.736. The van der Waals surface area contributed by atoms with Crippen LogP contribution in [0.4, 0.5) is 0 Å². The summed E-state index contributed by atoms with van der Waals surface area (Å²) in [5.41, 5.74) is -2.72. The summed E-state index contributed by atoms with van der Waals surface area (Å²) < 4.78 is 2.32. The molecule has 1 heterocycles. The van der Waals surface area contributed by atoms with Crippen molar-refractivity contribution in [3.05, 3.63) is 67.9 Å². The summed E-state index contributed by atoms with van der Waals surface area (Å²) >= 11 is 0. The van der Waals surface area contributed by atoms with Gasteiger partial charge < -0.3 is 15.3 Å². The molecule has 3 N–H and O–H groups in total. The van der Waals surface area contributed by atoms with Gasteiger partial charge in [0.15, 0.2) is 0 Å². The van der Waals surface area contributed by atoms with E-state index in [1.54, 1.807) is 0 Å². The average Bonchev–Trinajstić information content (AvgIpc) is 2.65. The number of hydrogen-bond acceptors (Lipinski definition) is 6. The maximum absolute atomic E-state index is 12.6. The molecule has 0 fully saturated rings. The Morgan fingerprint density at radius 2 is 0.800 bits per heavy atom. The van der Waals surface area contributed by atoms with Gasteiger partial charge in [-0.2, -0.15) is 0 Å². The summed E-state index contributed by atoms with van der Waals surface area (Å²) in [6.07, 6.45) is 6.43. The van der Waals surface area contributed by atoms with Crippen molar-refractivity contribution in [1.82, 2.24) is 13.7 Å². The molecule has 0 aromatic carbocycles. The van der Waals surface area contributed by atoms with Gasteiger partial charge in [-0.3, -0.25) is 0 Å². The summed E-state index contributed by atoms with van der Waals surface area (Å²) in [4.78, 5) is 69.3. The molecule has 0 atom stereocenters. The maximum Gasteiger partial charge on any atom is 0.336 e. The molecule has 0 aliphatic carbocycles. The van der Waals surface area contributed by atoms with Gasteiger partial charge in [0.05, 0.1) is 0 Å². The quantitative estimate of drug-likeness (QED) is 0.365. The van der Waals surface area contributed by atoms with Crippen LogP contribution in [0.2, 0.25) is 0 Å². The van der Waals surface area contributed by atoms with Gasteiger partial charge in [0.1, 0.15) is 0 Å². The summed E-state index contributed by atoms with van der Waals surface area (Å²) in [5, 5.41) is 25.8. The lowest BCUT2D eigenvalue weighted by atomic mass is 10.3. The SMILES string of the molecule is O=C(O)/C=C\CCn1c(=O)n(CC/C=C/C(=O)O)c(=O)n(CC/C=C/C(=O)O)c1=O. The number of rotatable bonds is 12. The van der Waals surface area contributed by atoms with Crippen LogP contribution in [0.25, 0.3) is 0 Å². The molecule has 1 aromatic heterocycles. The van der Waals surface area contributed by atoms with E-state index in [-0.39, 0.29) is 38.9 Å². The second-order valence-electron chi connectivity index (χ2n) is 5.89. The third kappa shape index (κ3) is 7.58. The van der Waals surface area contributed by atoms with Crippen LogP contribution in [0.1, 0.15) is 19.3 Å². The molecular formula is C18H21N3O9. The number of hydrogen-bond donors (Lipinski definition) is 3. The van der Waals surface area contributed by atoms with Crippen molar-refractivity contribution >= 4 is 17.9 Å². The largest absolute Gasteiger partial charge is 0.478 e. The Balaban J connectivity index is 3.29. The molecule has 162 valence electrons. The van der Waals surface area contributed by atoms with Gasteiger partial charge in [-0.15, -0.1) is 0 Å². The molecule has 0 aliphatic heterocycles. The maximum atomic E-state index is 12.6. The predicted molar refractivity (Wildman–Crippen MR) is 103 cm³/mol. The van der Waals surface area contributed by atoms with Gasteiger partial charge in [0, 0.05) is 37.9 Å². The summed E-state index contributed by atoms with van der Waals surface area (Å²) in [6, 6.07) is 0. The Kier molecular flexibility index (Phi) is 9.46. The van der Waals surface area contributed by atoms with E-state index in [9.17, 15) is 28.8 Å². The van der Waals surface area contributed by atoms with Crippen LogP contribution in [0.15, 0.2) is 50.8 Å². The zero-order valence-electron chi connectivity index (χ0n) is 15.8. The van der Waals surface area contributed by atoms with Crippen LogP contribution in [-0.4, -0.2) is 46.9 Å². The van der Waals surface area contributed by atoms with Crippen molar-refractivity contribution < 1.29 is 29.7 Å². The topological polar surface area (TPSA) is 178 Å². The third-order valence-corrected chi connectivity index (χ3v) is 3.72. The van der Waals surface area contributed by atoms with Crippen LogP contribution in [0.5, 0.6) is 0 Å². The number of nitrogens with zero attached hydrogens (tertiary/aromatic N) is 3. The molecule has 0 unspecified atom stereocenters. The highest BCUT2D eigenvalue weighted by Gasteiger charge is 2.14. The zero-order valence-corrected chi connectivity index (χ0v) is 15.8. The summed E-state index contributed by atoms with van der Waals surface area (Å²) in [7, 11) is 0. The smallest absolute Gasteiger partial charge is 0.336 e. The number of carboxylic acids is 3. The molecule has 1 rings (SSSR count). The summed E-state index contributed by atoms with van der Waals surface area (Å²) in [6.45, 7) is -0.549. The number of aliphatic carboxylic acids is 3. The first kappa shape index (κ1) is 24.1. The van der Waals surface area contributed by atoms with E-state index in [1.165, 1.54) is 18.2 Å². The van der Waals surface area contributed by atoms with Gasteiger partial charge in [-0.05, 0) is 19.3 Å². The lowest BCUT2D eigenvalue weighted by Gasteiger charge is -2.12. The molecule has 0 bridgehead atoms. The molecule has 12 nitrogen and oxygen atoms in total. The third-order valence-electron chi connectivity index (χ3n) is 3.72. The van der Waals surface area contributed by atoms with Crippen molar-refractivity contribution in [3.8, 4) is 0 Å². The van der Waals surface area contributed by atoms with Crippen molar-refractivity contribution in [2.24, 2.45) is 0 Å². The fourth-order valence-electron chi connectivity index (χ4n) is 2.42. The average molecular weight is 423 g/mol. The van der Waals surface area contributed by atoms with Crippen LogP contribution < -0.4 is 17.1 Å². The highest BCUT2D eigenvalue weighted by atomic mass is 16.4. The highest BCUT2D eigenvalue weighted by molar-refractivity contribution is 5.80. The molecule has 1 aromatic rings. The highest BCUT2D eigenvalue weighted by Crippen LogP contribution is 1.91.